The van der Waals surface area contributed by atoms with Gasteiger partial charge in [-0.15, -0.1) is 0 Å². The second-order valence-corrected chi connectivity index (χ2v) is 3.90. The summed E-state index contributed by atoms with van der Waals surface area (Å²) in [5, 5.41) is 8.91. The Hall–Kier alpha value is -0.780. The molecule has 66 valence electrons. The summed E-state index contributed by atoms with van der Waals surface area (Å²) in [7, 11) is 0. The Morgan fingerprint density at radius 1 is 1.62 bits per heavy atom. The first kappa shape index (κ1) is 10.3. The fourth-order valence-electron chi connectivity index (χ4n) is 0.986. The van der Waals surface area contributed by atoms with Crippen LogP contribution in [-0.4, -0.2) is 0 Å². The van der Waals surface area contributed by atoms with Crippen molar-refractivity contribution in [2.45, 2.75) is 6.92 Å². The number of rotatable bonds is 1. The Labute approximate surface area is 90.8 Å². The van der Waals surface area contributed by atoms with E-state index in [1.165, 1.54) is 6.08 Å². The van der Waals surface area contributed by atoms with Gasteiger partial charge in [0.25, 0.3) is 0 Å². The molecule has 13 heavy (non-hydrogen) atoms. The normalized spacial score (nSPS) is 11.1. The van der Waals surface area contributed by atoms with Crippen LogP contribution in [0.25, 0.3) is 5.03 Å². The molecule has 0 heterocycles. The molecule has 1 aromatic carbocycles. The van der Waals surface area contributed by atoms with Crippen LogP contribution in [0, 0.1) is 18.3 Å². The maximum absolute atomic E-state index is 8.44. The molecule has 0 saturated heterocycles. The minimum Gasteiger partial charge on any atom is -0.193 e. The molecule has 0 saturated carbocycles. The zero-order chi connectivity index (χ0) is 9.84. The van der Waals surface area contributed by atoms with Gasteiger partial charge in [-0.05, 0) is 30.2 Å². The van der Waals surface area contributed by atoms with Gasteiger partial charge in [-0.3, -0.25) is 0 Å². The van der Waals surface area contributed by atoms with E-state index in [2.05, 4.69) is 15.9 Å². The van der Waals surface area contributed by atoms with Crippen LogP contribution >= 0.6 is 27.5 Å². The molecule has 0 aliphatic rings. The van der Waals surface area contributed by atoms with E-state index in [1.807, 2.05) is 31.2 Å². The second kappa shape index (κ2) is 4.45. The molecule has 0 fully saturated rings. The van der Waals surface area contributed by atoms with Gasteiger partial charge in [0.1, 0.15) is 0 Å². The van der Waals surface area contributed by atoms with Crippen molar-refractivity contribution in [3.63, 3.8) is 0 Å². The van der Waals surface area contributed by atoms with Crippen LogP contribution in [0.3, 0.4) is 0 Å². The maximum atomic E-state index is 8.44. The highest BCUT2D eigenvalue weighted by molar-refractivity contribution is 9.10. The van der Waals surface area contributed by atoms with Crippen molar-refractivity contribution in [2.24, 2.45) is 0 Å². The minimum absolute atomic E-state index is 0.473. The van der Waals surface area contributed by atoms with Crippen molar-refractivity contribution in [1.29, 1.82) is 5.26 Å². The highest BCUT2D eigenvalue weighted by Crippen LogP contribution is 2.25. The minimum atomic E-state index is 0.473. The molecule has 1 rings (SSSR count). The number of benzene rings is 1. The molecule has 0 radical (unpaired) electrons. The number of aryl methyl sites for hydroxylation is 1. The highest BCUT2D eigenvalue weighted by Gasteiger charge is 2.02. The summed E-state index contributed by atoms with van der Waals surface area (Å²) < 4.78 is 0.956. The number of nitrogens with zero attached hydrogens (tertiary/aromatic N) is 1. The van der Waals surface area contributed by atoms with Gasteiger partial charge in [0.15, 0.2) is 0 Å². The first-order valence-electron chi connectivity index (χ1n) is 3.67. The molecular formula is C10H7BrClN. The molecule has 1 nitrogen and oxygen atoms in total. The summed E-state index contributed by atoms with van der Waals surface area (Å²) >= 11 is 9.25. The van der Waals surface area contributed by atoms with Gasteiger partial charge in [-0.2, -0.15) is 5.26 Å². The largest absolute Gasteiger partial charge is 0.193 e. The van der Waals surface area contributed by atoms with E-state index in [9.17, 15) is 0 Å². The average molecular weight is 257 g/mol. The third kappa shape index (κ3) is 2.58. The van der Waals surface area contributed by atoms with E-state index in [4.69, 9.17) is 16.9 Å². The Morgan fingerprint density at radius 3 is 2.92 bits per heavy atom. The van der Waals surface area contributed by atoms with Crippen molar-refractivity contribution in [2.75, 3.05) is 0 Å². The third-order valence-electron chi connectivity index (χ3n) is 1.65. The fraction of sp³-hybridized carbons (Fsp3) is 0.100. The van der Waals surface area contributed by atoms with E-state index in [0.29, 0.717) is 5.03 Å². The summed E-state index contributed by atoms with van der Waals surface area (Å²) in [6, 6.07) is 7.69. The van der Waals surface area contributed by atoms with Crippen LogP contribution < -0.4 is 0 Å². The molecule has 1 aromatic rings. The van der Waals surface area contributed by atoms with Crippen molar-refractivity contribution in [3.05, 3.63) is 39.9 Å². The van der Waals surface area contributed by atoms with Crippen LogP contribution in [0.15, 0.2) is 28.7 Å². The van der Waals surface area contributed by atoms with Crippen molar-refractivity contribution in [3.8, 4) is 6.07 Å². The van der Waals surface area contributed by atoms with Crippen molar-refractivity contribution < 1.29 is 0 Å². The lowest BCUT2D eigenvalue weighted by atomic mass is 10.1. The van der Waals surface area contributed by atoms with Gasteiger partial charge in [0.05, 0.1) is 11.1 Å². The molecular weight excluding hydrogens is 249 g/mol. The first-order chi connectivity index (χ1) is 6.15. The summed E-state index contributed by atoms with van der Waals surface area (Å²) in [5.41, 5.74) is 1.94. The van der Waals surface area contributed by atoms with E-state index >= 15 is 0 Å². The van der Waals surface area contributed by atoms with Gasteiger partial charge in [-0.25, -0.2) is 0 Å². The predicted molar refractivity (Wildman–Crippen MR) is 58.3 cm³/mol. The van der Waals surface area contributed by atoms with Gasteiger partial charge in [-0.1, -0.05) is 33.6 Å². The van der Waals surface area contributed by atoms with Crippen LogP contribution in [0.5, 0.6) is 0 Å². The average Bonchev–Trinajstić information content (AvgIpc) is 2.09. The standard InChI is InChI=1S/C10H7BrClN/c1-7-2-3-8(11)6-9(7)10(12)4-5-13/h2-4,6H,1H3. The molecule has 0 amide bonds. The Bertz CT molecular complexity index is 390. The zero-order valence-electron chi connectivity index (χ0n) is 7.01. The smallest absolute Gasteiger partial charge is 0.0927 e. The van der Waals surface area contributed by atoms with Gasteiger partial charge in [0, 0.05) is 10.5 Å². The highest BCUT2D eigenvalue weighted by atomic mass is 79.9. The summed E-state index contributed by atoms with van der Waals surface area (Å²) in [6.45, 7) is 1.95. The summed E-state index contributed by atoms with van der Waals surface area (Å²) in [5.74, 6) is 0. The van der Waals surface area contributed by atoms with Crippen molar-refractivity contribution in [1.82, 2.24) is 0 Å². The quantitative estimate of drug-likeness (QED) is 0.700. The number of allylic oxidation sites excluding steroid dienone is 1. The SMILES string of the molecule is Cc1ccc(Br)cc1C(Cl)=CC#N. The number of nitriles is 1. The number of hydrogen-bond donors (Lipinski definition) is 0. The molecule has 0 aliphatic heterocycles. The molecule has 0 unspecified atom stereocenters. The van der Waals surface area contributed by atoms with Crippen LogP contribution in [0.1, 0.15) is 11.1 Å². The van der Waals surface area contributed by atoms with E-state index in [0.717, 1.165) is 15.6 Å². The van der Waals surface area contributed by atoms with Crippen LogP contribution in [-0.2, 0) is 0 Å². The van der Waals surface area contributed by atoms with E-state index in [-0.39, 0.29) is 0 Å². The second-order valence-electron chi connectivity index (χ2n) is 2.58. The molecule has 0 N–H and O–H groups in total. The van der Waals surface area contributed by atoms with Gasteiger partial charge in [0.2, 0.25) is 0 Å². The lowest BCUT2D eigenvalue weighted by molar-refractivity contribution is 1.42. The van der Waals surface area contributed by atoms with Gasteiger partial charge < -0.3 is 0 Å². The lowest BCUT2D eigenvalue weighted by Crippen LogP contribution is -1.83. The predicted octanol–water partition coefficient (Wildman–Crippen LogP) is 3.86. The third-order valence-corrected chi connectivity index (χ3v) is 2.45. The Morgan fingerprint density at radius 2 is 2.31 bits per heavy atom. The Balaban J connectivity index is 3.22. The zero-order valence-corrected chi connectivity index (χ0v) is 9.35. The fourth-order valence-corrected chi connectivity index (χ4v) is 1.60. The molecule has 0 aliphatic carbocycles. The van der Waals surface area contributed by atoms with E-state index in [1.54, 1.807) is 0 Å². The van der Waals surface area contributed by atoms with Gasteiger partial charge >= 0.3 is 0 Å². The molecule has 0 bridgehead atoms. The molecule has 0 spiro atoms. The molecule has 0 aromatic heterocycles. The van der Waals surface area contributed by atoms with Crippen LogP contribution in [0.2, 0.25) is 0 Å². The van der Waals surface area contributed by atoms with Crippen LogP contribution in [0.4, 0.5) is 0 Å². The maximum Gasteiger partial charge on any atom is 0.0927 e. The molecule has 0 atom stereocenters. The first-order valence-corrected chi connectivity index (χ1v) is 4.84. The van der Waals surface area contributed by atoms with E-state index < -0.39 is 0 Å². The lowest BCUT2D eigenvalue weighted by Gasteiger charge is -2.03. The topological polar surface area (TPSA) is 23.8 Å². The Kier molecular flexibility index (Phi) is 3.53. The summed E-state index contributed by atoms with van der Waals surface area (Å²) in [6.07, 6.45) is 1.33. The monoisotopic (exact) mass is 255 g/mol. The van der Waals surface area contributed by atoms with Crippen molar-refractivity contribution >= 4 is 32.6 Å². The number of halogens is 2. The molecule has 3 heteroatoms. The summed E-state index contributed by atoms with van der Waals surface area (Å²) in [4.78, 5) is 0. The number of hydrogen-bond acceptors (Lipinski definition) is 1.